The first-order valence-corrected chi connectivity index (χ1v) is 5.00. The van der Waals surface area contributed by atoms with Gasteiger partial charge < -0.3 is 5.32 Å². The fraction of sp³-hybridized carbons (Fsp3) is 0.250. The predicted molar refractivity (Wildman–Crippen MR) is 71.8 cm³/mol. The van der Waals surface area contributed by atoms with Crippen LogP contribution in [0.3, 0.4) is 0 Å². The van der Waals surface area contributed by atoms with Crippen LogP contribution >= 0.6 is 24.8 Å². The summed E-state index contributed by atoms with van der Waals surface area (Å²) in [5, 5.41) is 4.49. The fourth-order valence-corrected chi connectivity index (χ4v) is 1.81. The molecule has 0 saturated carbocycles. The van der Waals surface area contributed by atoms with E-state index < -0.39 is 0 Å². The van der Waals surface area contributed by atoms with Crippen molar-refractivity contribution in [1.29, 1.82) is 0 Å². The second-order valence-electron chi connectivity index (χ2n) is 3.78. The third-order valence-corrected chi connectivity index (χ3v) is 2.82. The number of nitrogens with one attached hydrogen (secondary N) is 1. The van der Waals surface area contributed by atoms with Gasteiger partial charge >= 0.3 is 0 Å². The molecule has 3 rings (SSSR count). The minimum atomic E-state index is 0. The summed E-state index contributed by atoms with van der Waals surface area (Å²) in [5.41, 5.74) is 2.33. The molecule has 2 aromatic rings. The van der Waals surface area contributed by atoms with Crippen molar-refractivity contribution in [3.05, 3.63) is 42.1 Å². The molecule has 0 unspecified atom stereocenters. The molecule has 1 N–H and O–H groups in total. The Bertz CT molecular complexity index is 469. The molecular formula is C12H14Cl2N2. The molecule has 0 radical (unpaired) electrons. The largest absolute Gasteiger partial charge is 0.315 e. The number of hydrogen-bond acceptors (Lipinski definition) is 2. The average Bonchev–Trinajstić information content (AvgIpc) is 2.15. The summed E-state index contributed by atoms with van der Waals surface area (Å²) in [4.78, 5) is 4.66. The molecule has 0 bridgehead atoms. The summed E-state index contributed by atoms with van der Waals surface area (Å²) >= 11 is 0. The maximum Gasteiger partial charge on any atom is 0.0705 e. The third kappa shape index (κ3) is 2.29. The first-order chi connectivity index (χ1) is 6.93. The zero-order chi connectivity index (χ0) is 9.38. The molecule has 4 heteroatoms. The van der Waals surface area contributed by atoms with Crippen molar-refractivity contribution >= 4 is 35.7 Å². The van der Waals surface area contributed by atoms with Gasteiger partial charge in [0.1, 0.15) is 0 Å². The van der Waals surface area contributed by atoms with Crippen LogP contribution in [0.2, 0.25) is 0 Å². The number of benzene rings is 1. The molecule has 86 valence electrons. The number of rotatable bonds is 1. The smallest absolute Gasteiger partial charge is 0.0705 e. The van der Waals surface area contributed by atoms with Crippen LogP contribution in [0.15, 0.2) is 36.4 Å². The lowest BCUT2D eigenvalue weighted by Crippen LogP contribution is -2.40. The SMILES string of the molecule is Cl.Cl.c1ccc2nc(C3CNC3)ccc2c1. The molecule has 0 amide bonds. The van der Waals surface area contributed by atoms with Gasteiger partial charge in [-0.3, -0.25) is 4.98 Å². The molecule has 2 nitrogen and oxygen atoms in total. The number of hydrogen-bond donors (Lipinski definition) is 1. The summed E-state index contributed by atoms with van der Waals surface area (Å²) in [6, 6.07) is 12.6. The highest BCUT2D eigenvalue weighted by Crippen LogP contribution is 2.20. The minimum absolute atomic E-state index is 0. The Labute approximate surface area is 107 Å². The number of halogens is 2. The molecule has 1 aliphatic rings. The molecule has 1 aliphatic heterocycles. The van der Waals surface area contributed by atoms with Gasteiger partial charge in [0.25, 0.3) is 0 Å². The molecule has 16 heavy (non-hydrogen) atoms. The maximum absolute atomic E-state index is 4.66. The van der Waals surface area contributed by atoms with E-state index in [4.69, 9.17) is 0 Å². The van der Waals surface area contributed by atoms with Gasteiger partial charge in [0.2, 0.25) is 0 Å². The summed E-state index contributed by atoms with van der Waals surface area (Å²) in [6.07, 6.45) is 0. The van der Waals surface area contributed by atoms with E-state index in [0.29, 0.717) is 5.92 Å². The standard InChI is InChI=1S/C12H12N2.2ClH/c1-2-4-11-9(3-1)5-6-12(14-11)10-7-13-8-10;;/h1-6,10,13H,7-8H2;2*1H. The Balaban J connectivity index is 0.000000640. The lowest BCUT2D eigenvalue weighted by molar-refractivity contribution is 0.441. The molecule has 1 aromatic heterocycles. The fourth-order valence-electron chi connectivity index (χ4n) is 1.81. The molecule has 0 aliphatic carbocycles. The van der Waals surface area contributed by atoms with E-state index in [2.05, 4.69) is 40.6 Å². The van der Waals surface area contributed by atoms with Gasteiger partial charge in [0, 0.05) is 30.1 Å². The van der Waals surface area contributed by atoms with Crippen molar-refractivity contribution in [3.8, 4) is 0 Å². The van der Waals surface area contributed by atoms with E-state index in [1.165, 1.54) is 11.1 Å². The number of aromatic nitrogens is 1. The average molecular weight is 257 g/mol. The van der Waals surface area contributed by atoms with Crippen molar-refractivity contribution in [3.63, 3.8) is 0 Å². The summed E-state index contributed by atoms with van der Waals surface area (Å²) in [7, 11) is 0. The van der Waals surface area contributed by atoms with Crippen molar-refractivity contribution in [2.75, 3.05) is 13.1 Å². The second-order valence-corrected chi connectivity index (χ2v) is 3.78. The van der Waals surface area contributed by atoms with Gasteiger partial charge in [0.15, 0.2) is 0 Å². The van der Waals surface area contributed by atoms with Crippen molar-refractivity contribution < 1.29 is 0 Å². The molecule has 1 saturated heterocycles. The monoisotopic (exact) mass is 256 g/mol. The van der Waals surface area contributed by atoms with Crippen LogP contribution in [0.4, 0.5) is 0 Å². The Morgan fingerprint density at radius 3 is 2.44 bits per heavy atom. The van der Waals surface area contributed by atoms with Crippen LogP contribution in [0.5, 0.6) is 0 Å². The van der Waals surface area contributed by atoms with Crippen LogP contribution in [0, 0.1) is 0 Å². The topological polar surface area (TPSA) is 24.9 Å². The van der Waals surface area contributed by atoms with E-state index in [-0.39, 0.29) is 24.8 Å². The highest BCUT2D eigenvalue weighted by Gasteiger charge is 2.19. The number of para-hydroxylation sites is 1. The Kier molecular flexibility index (Phi) is 4.54. The molecule has 0 spiro atoms. The Hall–Kier alpha value is -0.830. The highest BCUT2D eigenvalue weighted by molar-refractivity contribution is 5.85. The number of fused-ring (bicyclic) bond motifs is 1. The van der Waals surface area contributed by atoms with Crippen LogP contribution in [0.1, 0.15) is 11.6 Å². The zero-order valence-corrected chi connectivity index (χ0v) is 10.4. The first kappa shape index (κ1) is 13.2. The maximum atomic E-state index is 4.66. The summed E-state index contributed by atoms with van der Waals surface area (Å²) in [5.74, 6) is 0.625. The van der Waals surface area contributed by atoms with Gasteiger partial charge in [-0.1, -0.05) is 24.3 Å². The van der Waals surface area contributed by atoms with Gasteiger partial charge in [-0.25, -0.2) is 0 Å². The minimum Gasteiger partial charge on any atom is -0.315 e. The molecule has 1 fully saturated rings. The second kappa shape index (κ2) is 5.48. The predicted octanol–water partition coefficient (Wildman–Crippen LogP) is 2.77. The van der Waals surface area contributed by atoms with Crippen LogP contribution in [0.25, 0.3) is 10.9 Å². The molecule has 1 aromatic carbocycles. The van der Waals surface area contributed by atoms with Gasteiger partial charge in [-0.05, 0) is 12.1 Å². The van der Waals surface area contributed by atoms with Gasteiger partial charge in [0.05, 0.1) is 5.52 Å². The quantitative estimate of drug-likeness (QED) is 0.849. The lowest BCUT2D eigenvalue weighted by Gasteiger charge is -2.26. The summed E-state index contributed by atoms with van der Waals surface area (Å²) < 4.78 is 0. The highest BCUT2D eigenvalue weighted by atomic mass is 35.5. The van der Waals surface area contributed by atoms with E-state index in [1.807, 2.05) is 6.07 Å². The van der Waals surface area contributed by atoms with Gasteiger partial charge in [-0.2, -0.15) is 0 Å². The van der Waals surface area contributed by atoms with Crippen LogP contribution in [-0.4, -0.2) is 18.1 Å². The first-order valence-electron chi connectivity index (χ1n) is 5.00. The molecule has 2 heterocycles. The van der Waals surface area contributed by atoms with E-state index in [0.717, 1.165) is 18.6 Å². The zero-order valence-electron chi connectivity index (χ0n) is 8.72. The lowest BCUT2D eigenvalue weighted by atomic mass is 9.98. The van der Waals surface area contributed by atoms with Crippen molar-refractivity contribution in [1.82, 2.24) is 10.3 Å². The van der Waals surface area contributed by atoms with E-state index in [9.17, 15) is 0 Å². The van der Waals surface area contributed by atoms with Crippen molar-refractivity contribution in [2.24, 2.45) is 0 Å². The van der Waals surface area contributed by atoms with Crippen LogP contribution in [-0.2, 0) is 0 Å². The number of pyridine rings is 1. The Morgan fingerprint density at radius 1 is 1.00 bits per heavy atom. The van der Waals surface area contributed by atoms with E-state index >= 15 is 0 Å². The normalized spacial score (nSPS) is 14.8. The third-order valence-electron chi connectivity index (χ3n) is 2.82. The molecule has 0 atom stereocenters. The van der Waals surface area contributed by atoms with Crippen molar-refractivity contribution in [2.45, 2.75) is 5.92 Å². The summed E-state index contributed by atoms with van der Waals surface area (Å²) in [6.45, 7) is 2.15. The molecular weight excluding hydrogens is 243 g/mol. The van der Waals surface area contributed by atoms with Gasteiger partial charge in [-0.15, -0.1) is 24.8 Å². The van der Waals surface area contributed by atoms with Crippen LogP contribution < -0.4 is 5.32 Å². The Morgan fingerprint density at radius 2 is 1.75 bits per heavy atom. The number of nitrogens with zero attached hydrogens (tertiary/aromatic N) is 1. The van der Waals surface area contributed by atoms with E-state index in [1.54, 1.807) is 0 Å².